The Balaban J connectivity index is 2.57. The highest BCUT2D eigenvalue weighted by molar-refractivity contribution is 5.25. The van der Waals surface area contributed by atoms with Crippen LogP contribution in [0.5, 0.6) is 0 Å². The van der Waals surface area contributed by atoms with Crippen LogP contribution < -0.4 is 0 Å². The molecule has 0 amide bonds. The van der Waals surface area contributed by atoms with Crippen molar-refractivity contribution in [3.05, 3.63) is 35.4 Å². The van der Waals surface area contributed by atoms with Crippen LogP contribution in [0.15, 0.2) is 24.3 Å². The minimum Gasteiger partial charge on any atom is -0.211 e. The number of halogens is 2. The van der Waals surface area contributed by atoms with Crippen LogP contribution >= 0.6 is 0 Å². The van der Waals surface area contributed by atoms with Crippen LogP contribution in [0.25, 0.3) is 0 Å². The van der Waals surface area contributed by atoms with Gasteiger partial charge in [-0.2, -0.15) is 0 Å². The highest BCUT2D eigenvalue weighted by Crippen LogP contribution is 2.12. The second kappa shape index (κ2) is 4.19. The normalized spacial score (nSPS) is 10.7. The standard InChI is InChI=1S/C10H12F2/c1-8-4-2-3-5-9(8)6-7-10(11)12/h2-5,10H,6-7H2,1H3. The molecule has 0 fully saturated rings. The molecule has 0 aliphatic heterocycles. The highest BCUT2D eigenvalue weighted by Gasteiger charge is 2.03. The first-order chi connectivity index (χ1) is 5.70. The van der Waals surface area contributed by atoms with Crippen molar-refractivity contribution < 1.29 is 8.78 Å². The van der Waals surface area contributed by atoms with Gasteiger partial charge in [-0.1, -0.05) is 24.3 Å². The summed E-state index contributed by atoms with van der Waals surface area (Å²) in [6.45, 7) is 1.95. The van der Waals surface area contributed by atoms with E-state index in [4.69, 9.17) is 0 Å². The Labute approximate surface area is 71.2 Å². The Bertz CT molecular complexity index is 243. The second-order valence-electron chi connectivity index (χ2n) is 2.86. The van der Waals surface area contributed by atoms with Crippen LogP contribution in [-0.2, 0) is 6.42 Å². The van der Waals surface area contributed by atoms with Gasteiger partial charge in [-0.3, -0.25) is 0 Å². The van der Waals surface area contributed by atoms with Gasteiger partial charge in [0.25, 0.3) is 0 Å². The van der Waals surface area contributed by atoms with Gasteiger partial charge in [0.1, 0.15) is 0 Å². The van der Waals surface area contributed by atoms with E-state index in [-0.39, 0.29) is 6.42 Å². The Kier molecular flexibility index (Phi) is 3.20. The Morgan fingerprint density at radius 1 is 1.25 bits per heavy atom. The zero-order valence-corrected chi connectivity index (χ0v) is 7.06. The third-order valence-electron chi connectivity index (χ3n) is 1.89. The zero-order valence-electron chi connectivity index (χ0n) is 7.06. The third kappa shape index (κ3) is 2.61. The lowest BCUT2D eigenvalue weighted by atomic mass is 10.0. The molecule has 0 atom stereocenters. The van der Waals surface area contributed by atoms with Gasteiger partial charge >= 0.3 is 0 Å². The Morgan fingerprint density at radius 2 is 1.92 bits per heavy atom. The van der Waals surface area contributed by atoms with Crippen molar-refractivity contribution >= 4 is 0 Å². The predicted molar refractivity (Wildman–Crippen MR) is 45.5 cm³/mol. The van der Waals surface area contributed by atoms with Gasteiger partial charge in [0.15, 0.2) is 0 Å². The minimum absolute atomic E-state index is 0.0369. The number of hydrogen-bond acceptors (Lipinski definition) is 0. The molecule has 0 unspecified atom stereocenters. The Morgan fingerprint density at radius 3 is 2.50 bits per heavy atom. The molecule has 66 valence electrons. The summed E-state index contributed by atoms with van der Waals surface area (Å²) in [7, 11) is 0. The molecular weight excluding hydrogens is 158 g/mol. The van der Waals surface area contributed by atoms with Crippen molar-refractivity contribution in [3.8, 4) is 0 Å². The predicted octanol–water partition coefficient (Wildman–Crippen LogP) is 3.19. The van der Waals surface area contributed by atoms with Crippen LogP contribution in [0.1, 0.15) is 17.5 Å². The second-order valence-corrected chi connectivity index (χ2v) is 2.86. The van der Waals surface area contributed by atoms with Crippen molar-refractivity contribution in [2.45, 2.75) is 26.2 Å². The SMILES string of the molecule is Cc1ccccc1CCC(F)F. The van der Waals surface area contributed by atoms with E-state index in [1.54, 1.807) is 0 Å². The lowest BCUT2D eigenvalue weighted by Crippen LogP contribution is -1.95. The van der Waals surface area contributed by atoms with E-state index in [2.05, 4.69) is 0 Å². The summed E-state index contributed by atoms with van der Waals surface area (Å²) in [6, 6.07) is 7.65. The van der Waals surface area contributed by atoms with E-state index >= 15 is 0 Å². The summed E-state index contributed by atoms with van der Waals surface area (Å²) < 4.78 is 23.7. The molecule has 0 spiro atoms. The average Bonchev–Trinajstić information content (AvgIpc) is 2.03. The molecule has 1 rings (SSSR count). The molecule has 2 heteroatoms. The van der Waals surface area contributed by atoms with Gasteiger partial charge in [-0.05, 0) is 24.5 Å². The Hall–Kier alpha value is -0.920. The van der Waals surface area contributed by atoms with Crippen molar-refractivity contribution in [1.29, 1.82) is 0 Å². The monoisotopic (exact) mass is 170 g/mol. The first-order valence-electron chi connectivity index (χ1n) is 4.03. The first kappa shape index (κ1) is 9.17. The number of hydrogen-bond donors (Lipinski definition) is 0. The molecular formula is C10H12F2. The molecule has 1 aromatic rings. The van der Waals surface area contributed by atoms with Crippen molar-refractivity contribution in [3.63, 3.8) is 0 Å². The van der Waals surface area contributed by atoms with Gasteiger partial charge in [-0.25, -0.2) is 8.78 Å². The quantitative estimate of drug-likeness (QED) is 0.653. The number of alkyl halides is 2. The van der Waals surface area contributed by atoms with Crippen LogP contribution in [0, 0.1) is 6.92 Å². The summed E-state index contributed by atoms with van der Waals surface area (Å²) in [6.07, 6.45) is -1.75. The van der Waals surface area contributed by atoms with Crippen molar-refractivity contribution in [2.75, 3.05) is 0 Å². The molecule has 12 heavy (non-hydrogen) atoms. The molecule has 0 heterocycles. The molecule has 0 saturated heterocycles. The summed E-state index contributed by atoms with van der Waals surface area (Å²) in [5.74, 6) is 0. The molecule has 0 aliphatic carbocycles. The molecule has 0 nitrogen and oxygen atoms in total. The van der Waals surface area contributed by atoms with Crippen LogP contribution in [0.2, 0.25) is 0 Å². The van der Waals surface area contributed by atoms with E-state index in [9.17, 15) is 8.78 Å². The van der Waals surface area contributed by atoms with Crippen molar-refractivity contribution in [2.24, 2.45) is 0 Å². The molecule has 0 saturated carbocycles. The van der Waals surface area contributed by atoms with Crippen LogP contribution in [-0.4, -0.2) is 6.43 Å². The lowest BCUT2D eigenvalue weighted by Gasteiger charge is -2.03. The summed E-state index contributed by atoms with van der Waals surface area (Å²) in [5, 5.41) is 0. The zero-order chi connectivity index (χ0) is 8.97. The number of rotatable bonds is 3. The number of benzene rings is 1. The molecule has 1 aromatic carbocycles. The maximum absolute atomic E-state index is 11.9. The fraction of sp³-hybridized carbons (Fsp3) is 0.400. The van der Waals surface area contributed by atoms with E-state index < -0.39 is 6.43 Å². The fourth-order valence-electron chi connectivity index (χ4n) is 1.16. The average molecular weight is 170 g/mol. The molecule has 0 N–H and O–H groups in total. The molecule has 0 bridgehead atoms. The lowest BCUT2D eigenvalue weighted by molar-refractivity contribution is 0.138. The maximum atomic E-state index is 11.9. The van der Waals surface area contributed by atoms with E-state index in [0.29, 0.717) is 6.42 Å². The van der Waals surface area contributed by atoms with E-state index in [0.717, 1.165) is 11.1 Å². The topological polar surface area (TPSA) is 0 Å². The molecule has 0 aliphatic rings. The van der Waals surface area contributed by atoms with Gasteiger partial charge in [-0.15, -0.1) is 0 Å². The molecule has 0 radical (unpaired) electrons. The smallest absolute Gasteiger partial charge is 0.211 e. The van der Waals surface area contributed by atoms with Gasteiger partial charge in [0, 0.05) is 6.42 Å². The minimum atomic E-state index is -2.19. The van der Waals surface area contributed by atoms with Gasteiger partial charge in [0.05, 0.1) is 0 Å². The summed E-state index contributed by atoms with van der Waals surface area (Å²) in [4.78, 5) is 0. The van der Waals surface area contributed by atoms with Gasteiger partial charge < -0.3 is 0 Å². The highest BCUT2D eigenvalue weighted by atomic mass is 19.3. The summed E-state index contributed by atoms with van der Waals surface area (Å²) in [5.41, 5.74) is 2.12. The van der Waals surface area contributed by atoms with Crippen molar-refractivity contribution in [1.82, 2.24) is 0 Å². The van der Waals surface area contributed by atoms with E-state index in [1.807, 2.05) is 31.2 Å². The largest absolute Gasteiger partial charge is 0.239 e. The maximum Gasteiger partial charge on any atom is 0.239 e. The fourth-order valence-corrected chi connectivity index (χ4v) is 1.16. The molecule has 0 aromatic heterocycles. The van der Waals surface area contributed by atoms with Crippen LogP contribution in [0.3, 0.4) is 0 Å². The first-order valence-corrected chi connectivity index (χ1v) is 4.03. The third-order valence-corrected chi connectivity index (χ3v) is 1.89. The number of aryl methyl sites for hydroxylation is 2. The van der Waals surface area contributed by atoms with Gasteiger partial charge in [0.2, 0.25) is 6.43 Å². The van der Waals surface area contributed by atoms with Crippen LogP contribution in [0.4, 0.5) is 8.78 Å². The van der Waals surface area contributed by atoms with E-state index in [1.165, 1.54) is 0 Å². The summed E-state index contributed by atoms with van der Waals surface area (Å²) >= 11 is 0.